The van der Waals surface area contributed by atoms with Crippen LogP contribution in [0, 0.1) is 6.92 Å². The van der Waals surface area contributed by atoms with Crippen molar-refractivity contribution in [3.8, 4) is 11.3 Å². The minimum Gasteiger partial charge on any atom is -0.478 e. The predicted octanol–water partition coefficient (Wildman–Crippen LogP) is 5.91. The fraction of sp³-hybridized carbons (Fsp3) is 0.226. The second-order valence-electron chi connectivity index (χ2n) is 9.67. The SMILES string of the molecule is CCc1ccccc1NC(=O)CCN1C(=S)N[C@H](c2ccccn2)[C@@H]1c1ccc(-c2ccc(C(=O)O)cc2C)o1. The van der Waals surface area contributed by atoms with Gasteiger partial charge in [0.1, 0.15) is 17.6 Å². The van der Waals surface area contributed by atoms with E-state index in [1.807, 2.05) is 66.4 Å². The van der Waals surface area contributed by atoms with Gasteiger partial charge in [0.2, 0.25) is 5.91 Å². The Kier molecular flexibility index (Phi) is 7.93. The number of rotatable bonds is 9. The van der Waals surface area contributed by atoms with Crippen molar-refractivity contribution in [3.05, 3.63) is 107 Å². The highest BCUT2D eigenvalue weighted by atomic mass is 32.1. The van der Waals surface area contributed by atoms with Crippen LogP contribution in [0.25, 0.3) is 11.3 Å². The first-order chi connectivity index (χ1) is 19.4. The molecule has 0 aliphatic carbocycles. The van der Waals surface area contributed by atoms with Gasteiger partial charge in [-0.1, -0.05) is 37.3 Å². The van der Waals surface area contributed by atoms with Crippen LogP contribution in [0.3, 0.4) is 0 Å². The maximum absolute atomic E-state index is 13.0. The molecule has 5 rings (SSSR count). The summed E-state index contributed by atoms with van der Waals surface area (Å²) >= 11 is 5.73. The number of para-hydroxylation sites is 1. The van der Waals surface area contributed by atoms with Gasteiger partial charge in [-0.25, -0.2) is 4.79 Å². The van der Waals surface area contributed by atoms with Gasteiger partial charge in [0.25, 0.3) is 0 Å². The lowest BCUT2D eigenvalue weighted by Gasteiger charge is -2.26. The summed E-state index contributed by atoms with van der Waals surface area (Å²) in [4.78, 5) is 30.9. The van der Waals surface area contributed by atoms with E-state index in [9.17, 15) is 14.7 Å². The van der Waals surface area contributed by atoms with Gasteiger partial charge in [-0.3, -0.25) is 9.78 Å². The van der Waals surface area contributed by atoms with Gasteiger partial charge in [-0.15, -0.1) is 0 Å². The number of nitrogens with one attached hydrogen (secondary N) is 2. The van der Waals surface area contributed by atoms with Crippen molar-refractivity contribution in [3.63, 3.8) is 0 Å². The van der Waals surface area contributed by atoms with E-state index in [1.165, 1.54) is 0 Å². The number of amides is 1. The van der Waals surface area contributed by atoms with Crippen LogP contribution in [-0.4, -0.2) is 38.5 Å². The minimum absolute atomic E-state index is 0.0991. The smallest absolute Gasteiger partial charge is 0.335 e. The molecule has 0 unspecified atom stereocenters. The van der Waals surface area contributed by atoms with Crippen molar-refractivity contribution in [2.75, 3.05) is 11.9 Å². The summed E-state index contributed by atoms with van der Waals surface area (Å²) in [5.74, 6) is 0.210. The topological polar surface area (TPSA) is 108 Å². The van der Waals surface area contributed by atoms with Gasteiger partial charge >= 0.3 is 5.97 Å². The number of pyridine rings is 1. The summed E-state index contributed by atoms with van der Waals surface area (Å²) in [6, 6.07) is 21.6. The van der Waals surface area contributed by atoms with Crippen LogP contribution >= 0.6 is 12.2 Å². The number of aryl methyl sites for hydroxylation is 2. The summed E-state index contributed by atoms with van der Waals surface area (Å²) in [5, 5.41) is 16.3. The highest BCUT2D eigenvalue weighted by molar-refractivity contribution is 7.80. The first-order valence-corrected chi connectivity index (χ1v) is 13.6. The second kappa shape index (κ2) is 11.7. The van der Waals surface area contributed by atoms with E-state index < -0.39 is 5.97 Å². The number of anilines is 1. The number of benzene rings is 2. The summed E-state index contributed by atoms with van der Waals surface area (Å²) in [5.41, 5.74) is 4.53. The Morgan fingerprint density at radius 3 is 2.62 bits per heavy atom. The third-order valence-corrected chi connectivity index (χ3v) is 7.46. The van der Waals surface area contributed by atoms with Gasteiger partial charge in [0, 0.05) is 30.4 Å². The van der Waals surface area contributed by atoms with Crippen LogP contribution in [0.2, 0.25) is 0 Å². The monoisotopic (exact) mass is 554 g/mol. The average Bonchev–Trinajstić information content (AvgIpc) is 3.56. The summed E-state index contributed by atoms with van der Waals surface area (Å²) in [6.45, 7) is 4.29. The number of aromatic nitrogens is 1. The van der Waals surface area contributed by atoms with Crippen molar-refractivity contribution >= 4 is 34.9 Å². The number of furan rings is 1. The molecule has 0 radical (unpaired) electrons. The fourth-order valence-electron chi connectivity index (χ4n) is 5.07. The van der Waals surface area contributed by atoms with E-state index >= 15 is 0 Å². The molecule has 9 heteroatoms. The number of nitrogens with zero attached hydrogens (tertiary/aromatic N) is 2. The van der Waals surface area contributed by atoms with Crippen molar-refractivity contribution in [1.82, 2.24) is 15.2 Å². The quantitative estimate of drug-likeness (QED) is 0.219. The molecule has 2 aromatic heterocycles. The van der Waals surface area contributed by atoms with Gasteiger partial charge < -0.3 is 25.1 Å². The average molecular weight is 555 g/mol. The standard InChI is InChI=1S/C31H30N4O4S/c1-3-20-8-4-5-9-23(20)33-27(36)15-17-35-29(28(34-31(35)40)24-10-6-7-16-32-24)26-14-13-25(39-26)22-12-11-21(30(37)38)18-19(22)2/h4-14,16,18,28-29H,3,15,17H2,1-2H3,(H,33,36)(H,34,40)(H,37,38)/t28-,29+/m1/s1. The van der Waals surface area contributed by atoms with E-state index in [4.69, 9.17) is 16.6 Å². The Bertz CT molecular complexity index is 1550. The lowest BCUT2D eigenvalue weighted by atomic mass is 10.0. The summed E-state index contributed by atoms with van der Waals surface area (Å²) in [6.07, 6.45) is 2.79. The van der Waals surface area contributed by atoms with Gasteiger partial charge in [0.15, 0.2) is 5.11 Å². The largest absolute Gasteiger partial charge is 0.478 e. The van der Waals surface area contributed by atoms with Crippen molar-refractivity contribution in [2.45, 2.75) is 38.8 Å². The molecule has 0 spiro atoms. The molecule has 2 atom stereocenters. The van der Waals surface area contributed by atoms with Gasteiger partial charge in [-0.05, 0) is 79.2 Å². The lowest BCUT2D eigenvalue weighted by Crippen LogP contribution is -2.32. The van der Waals surface area contributed by atoms with Crippen molar-refractivity contribution in [1.29, 1.82) is 0 Å². The molecule has 1 fully saturated rings. The number of carboxylic acids is 1. The molecule has 2 aromatic carbocycles. The molecule has 204 valence electrons. The number of hydrogen-bond donors (Lipinski definition) is 3. The van der Waals surface area contributed by atoms with Crippen LogP contribution < -0.4 is 10.6 Å². The van der Waals surface area contributed by atoms with Gasteiger partial charge in [-0.2, -0.15) is 0 Å². The molecular weight excluding hydrogens is 524 g/mol. The normalized spacial score (nSPS) is 16.6. The lowest BCUT2D eigenvalue weighted by molar-refractivity contribution is -0.116. The minimum atomic E-state index is -0.976. The first kappa shape index (κ1) is 27.1. The third kappa shape index (κ3) is 5.60. The van der Waals surface area contributed by atoms with Crippen LogP contribution in [0.1, 0.15) is 58.4 Å². The second-order valence-corrected chi connectivity index (χ2v) is 10.1. The highest BCUT2D eigenvalue weighted by Crippen LogP contribution is 2.41. The number of hydrogen-bond acceptors (Lipinski definition) is 5. The molecule has 1 aliphatic rings. The molecule has 3 N–H and O–H groups in total. The molecule has 1 aliphatic heterocycles. The van der Waals surface area contributed by atoms with E-state index in [-0.39, 0.29) is 30.0 Å². The van der Waals surface area contributed by atoms with Crippen LogP contribution in [0.5, 0.6) is 0 Å². The molecule has 1 saturated heterocycles. The van der Waals surface area contributed by atoms with E-state index in [2.05, 4.69) is 22.5 Å². The fourth-order valence-corrected chi connectivity index (χ4v) is 5.40. The zero-order chi connectivity index (χ0) is 28.2. The number of aromatic carboxylic acids is 1. The highest BCUT2D eigenvalue weighted by Gasteiger charge is 2.41. The van der Waals surface area contributed by atoms with Crippen molar-refractivity contribution < 1.29 is 19.1 Å². The Morgan fingerprint density at radius 2 is 1.90 bits per heavy atom. The molecular formula is C31H30N4O4S. The predicted molar refractivity (Wildman–Crippen MR) is 157 cm³/mol. The molecule has 8 nitrogen and oxygen atoms in total. The molecule has 0 saturated carbocycles. The third-order valence-electron chi connectivity index (χ3n) is 7.11. The molecule has 1 amide bonds. The Balaban J connectivity index is 1.41. The first-order valence-electron chi connectivity index (χ1n) is 13.2. The zero-order valence-electron chi connectivity index (χ0n) is 22.3. The van der Waals surface area contributed by atoms with Crippen LogP contribution in [0.4, 0.5) is 5.69 Å². The van der Waals surface area contributed by atoms with E-state index in [0.29, 0.717) is 23.2 Å². The van der Waals surface area contributed by atoms with Crippen LogP contribution in [-0.2, 0) is 11.2 Å². The Labute approximate surface area is 238 Å². The number of carbonyl (C=O) groups is 2. The Hall–Kier alpha value is -4.50. The van der Waals surface area contributed by atoms with E-state index in [0.717, 1.165) is 34.5 Å². The maximum Gasteiger partial charge on any atom is 0.335 e. The summed E-state index contributed by atoms with van der Waals surface area (Å²) in [7, 11) is 0. The van der Waals surface area contributed by atoms with Gasteiger partial charge in [0.05, 0.1) is 17.3 Å². The molecule has 0 bridgehead atoms. The number of carbonyl (C=O) groups excluding carboxylic acids is 1. The number of thiocarbonyl (C=S) groups is 1. The maximum atomic E-state index is 13.0. The molecule has 4 aromatic rings. The zero-order valence-corrected chi connectivity index (χ0v) is 23.1. The number of carboxylic acid groups (broad SMARTS) is 1. The molecule has 3 heterocycles. The molecule has 40 heavy (non-hydrogen) atoms. The van der Waals surface area contributed by atoms with E-state index in [1.54, 1.807) is 24.4 Å². The summed E-state index contributed by atoms with van der Waals surface area (Å²) < 4.78 is 6.38. The Morgan fingerprint density at radius 1 is 1.10 bits per heavy atom. The van der Waals surface area contributed by atoms with Crippen molar-refractivity contribution in [2.24, 2.45) is 0 Å². The van der Waals surface area contributed by atoms with Crippen LogP contribution in [0.15, 0.2) is 83.4 Å².